The molecular formula is C15H13N3O2S. The second kappa shape index (κ2) is 5.97. The lowest BCUT2D eigenvalue weighted by Crippen LogP contribution is -2.13. The second-order valence-corrected chi connectivity index (χ2v) is 5.38. The van der Waals surface area contributed by atoms with E-state index in [1.807, 2.05) is 49.4 Å². The molecule has 6 heteroatoms. The van der Waals surface area contributed by atoms with Crippen LogP contribution >= 0.6 is 11.8 Å². The highest BCUT2D eigenvalue weighted by Crippen LogP contribution is 2.22. The number of fused-ring (bicyclic) bond motifs is 1. The zero-order valence-electron chi connectivity index (χ0n) is 11.4. The predicted molar refractivity (Wildman–Crippen MR) is 82.3 cm³/mol. The summed E-state index contributed by atoms with van der Waals surface area (Å²) in [4.78, 5) is 20.4. The lowest BCUT2D eigenvalue weighted by atomic mass is 10.3. The first-order valence-corrected chi connectivity index (χ1v) is 7.41. The summed E-state index contributed by atoms with van der Waals surface area (Å²) in [6.45, 7) is 1.90. The molecule has 3 aromatic rings. The Morgan fingerprint density at radius 2 is 2.00 bits per heavy atom. The Morgan fingerprint density at radius 3 is 2.81 bits per heavy atom. The summed E-state index contributed by atoms with van der Waals surface area (Å²) >= 11 is 1.25. The molecule has 2 heterocycles. The number of aryl methyl sites for hydroxylation is 1. The largest absolute Gasteiger partial charge is 0.430 e. The number of benzene rings is 1. The van der Waals surface area contributed by atoms with Gasteiger partial charge in [0.1, 0.15) is 0 Å². The Morgan fingerprint density at radius 1 is 1.19 bits per heavy atom. The van der Waals surface area contributed by atoms with Gasteiger partial charge in [0.15, 0.2) is 11.2 Å². The van der Waals surface area contributed by atoms with Crippen molar-refractivity contribution >= 4 is 34.6 Å². The number of anilines is 1. The van der Waals surface area contributed by atoms with Gasteiger partial charge in [0.25, 0.3) is 5.22 Å². The van der Waals surface area contributed by atoms with Crippen molar-refractivity contribution in [1.82, 2.24) is 9.97 Å². The van der Waals surface area contributed by atoms with E-state index in [0.717, 1.165) is 11.4 Å². The van der Waals surface area contributed by atoms with Crippen molar-refractivity contribution in [2.75, 3.05) is 11.1 Å². The molecule has 0 fully saturated rings. The minimum atomic E-state index is -0.0994. The van der Waals surface area contributed by atoms with Crippen molar-refractivity contribution in [3.05, 3.63) is 48.2 Å². The van der Waals surface area contributed by atoms with Crippen LogP contribution < -0.4 is 5.32 Å². The van der Waals surface area contributed by atoms with Gasteiger partial charge >= 0.3 is 0 Å². The number of pyridine rings is 1. The van der Waals surface area contributed by atoms with Crippen LogP contribution in [0.15, 0.2) is 52.1 Å². The second-order valence-electron chi connectivity index (χ2n) is 4.46. The van der Waals surface area contributed by atoms with Crippen molar-refractivity contribution in [1.29, 1.82) is 0 Å². The number of nitrogens with one attached hydrogen (secondary N) is 1. The van der Waals surface area contributed by atoms with Crippen molar-refractivity contribution in [3.63, 3.8) is 0 Å². The van der Waals surface area contributed by atoms with E-state index in [1.54, 1.807) is 0 Å². The SMILES string of the molecule is Cc1ccc2oc(SCC(=O)Nc3ccccc3)nc2n1. The highest BCUT2D eigenvalue weighted by Gasteiger charge is 2.10. The summed E-state index contributed by atoms with van der Waals surface area (Å²) in [5.41, 5.74) is 2.86. The number of para-hydroxylation sites is 1. The number of amides is 1. The molecule has 0 saturated heterocycles. The molecule has 0 aliphatic heterocycles. The van der Waals surface area contributed by atoms with Gasteiger partial charge in [-0.05, 0) is 31.2 Å². The van der Waals surface area contributed by atoms with Crippen LogP contribution in [0.4, 0.5) is 5.69 Å². The fraction of sp³-hybridized carbons (Fsp3) is 0.133. The standard InChI is InChI=1S/C15H13N3O2S/c1-10-7-8-12-14(16-10)18-15(20-12)21-9-13(19)17-11-5-3-2-4-6-11/h2-8H,9H2,1H3,(H,17,19). The molecule has 0 atom stereocenters. The van der Waals surface area contributed by atoms with Crippen LogP contribution in [0.2, 0.25) is 0 Å². The van der Waals surface area contributed by atoms with Crippen molar-refractivity contribution in [3.8, 4) is 0 Å². The molecule has 0 aliphatic carbocycles. The van der Waals surface area contributed by atoms with Gasteiger partial charge in [-0.3, -0.25) is 4.79 Å². The Bertz CT molecular complexity index is 771. The topological polar surface area (TPSA) is 68.0 Å². The molecule has 0 aliphatic rings. The monoisotopic (exact) mass is 299 g/mol. The molecule has 1 N–H and O–H groups in total. The van der Waals surface area contributed by atoms with Gasteiger partial charge < -0.3 is 9.73 Å². The third-order valence-electron chi connectivity index (χ3n) is 2.76. The van der Waals surface area contributed by atoms with Crippen LogP contribution in [0.1, 0.15) is 5.69 Å². The third kappa shape index (κ3) is 3.41. The molecule has 5 nitrogen and oxygen atoms in total. The third-order valence-corrected chi connectivity index (χ3v) is 3.59. The van der Waals surface area contributed by atoms with E-state index in [9.17, 15) is 4.79 Å². The number of aromatic nitrogens is 2. The van der Waals surface area contributed by atoms with E-state index >= 15 is 0 Å². The van der Waals surface area contributed by atoms with Crippen LogP contribution in [0, 0.1) is 6.92 Å². The number of thioether (sulfide) groups is 1. The number of carbonyl (C=O) groups excluding carboxylic acids is 1. The maximum Gasteiger partial charge on any atom is 0.258 e. The van der Waals surface area contributed by atoms with Crippen molar-refractivity contribution in [2.24, 2.45) is 0 Å². The molecule has 0 radical (unpaired) electrons. The number of hydrogen-bond donors (Lipinski definition) is 1. The number of nitrogens with zero attached hydrogens (tertiary/aromatic N) is 2. The smallest absolute Gasteiger partial charge is 0.258 e. The predicted octanol–water partition coefficient (Wildman–Crippen LogP) is 3.26. The number of hydrogen-bond acceptors (Lipinski definition) is 5. The molecule has 21 heavy (non-hydrogen) atoms. The maximum absolute atomic E-state index is 11.8. The van der Waals surface area contributed by atoms with Gasteiger partial charge in [0, 0.05) is 11.4 Å². The number of rotatable bonds is 4. The summed E-state index contributed by atoms with van der Waals surface area (Å²) in [6, 6.07) is 13.0. The lowest BCUT2D eigenvalue weighted by molar-refractivity contribution is -0.113. The molecule has 1 aromatic carbocycles. The van der Waals surface area contributed by atoms with E-state index in [2.05, 4.69) is 15.3 Å². The lowest BCUT2D eigenvalue weighted by Gasteiger charge is -2.02. The summed E-state index contributed by atoms with van der Waals surface area (Å²) in [5.74, 6) is 0.137. The molecule has 0 unspecified atom stereocenters. The fourth-order valence-electron chi connectivity index (χ4n) is 1.80. The quantitative estimate of drug-likeness (QED) is 0.749. The fourth-order valence-corrected chi connectivity index (χ4v) is 2.43. The van der Waals surface area contributed by atoms with Crippen LogP contribution in [0.5, 0.6) is 0 Å². The van der Waals surface area contributed by atoms with Gasteiger partial charge in [-0.15, -0.1) is 0 Å². The highest BCUT2D eigenvalue weighted by molar-refractivity contribution is 7.99. The Labute approximate surface area is 125 Å². The van der Waals surface area contributed by atoms with Gasteiger partial charge in [-0.25, -0.2) is 4.98 Å². The molecule has 0 bridgehead atoms. The maximum atomic E-state index is 11.8. The molecule has 1 amide bonds. The average molecular weight is 299 g/mol. The van der Waals surface area contributed by atoms with Crippen molar-refractivity contribution < 1.29 is 9.21 Å². The van der Waals surface area contributed by atoms with Crippen LogP contribution in [-0.2, 0) is 4.79 Å². The molecular weight excluding hydrogens is 286 g/mol. The Hall–Kier alpha value is -2.34. The zero-order valence-corrected chi connectivity index (χ0v) is 12.2. The van der Waals surface area contributed by atoms with Crippen molar-refractivity contribution in [2.45, 2.75) is 12.1 Å². The summed E-state index contributed by atoms with van der Waals surface area (Å²) in [6.07, 6.45) is 0. The van der Waals surface area contributed by atoms with Gasteiger partial charge in [0.05, 0.1) is 5.75 Å². The van der Waals surface area contributed by atoms with Gasteiger partial charge in [-0.1, -0.05) is 30.0 Å². The molecule has 0 spiro atoms. The minimum absolute atomic E-state index is 0.0994. The first-order valence-electron chi connectivity index (χ1n) is 6.42. The van der Waals surface area contributed by atoms with Gasteiger partial charge in [0.2, 0.25) is 5.91 Å². The molecule has 0 saturated carbocycles. The first kappa shape index (κ1) is 13.6. The molecule has 106 valence electrons. The van der Waals surface area contributed by atoms with Gasteiger partial charge in [-0.2, -0.15) is 4.98 Å². The van der Waals surface area contributed by atoms with E-state index in [0.29, 0.717) is 16.5 Å². The van der Waals surface area contributed by atoms with E-state index in [4.69, 9.17) is 4.42 Å². The van der Waals surface area contributed by atoms with Crippen LogP contribution in [0.3, 0.4) is 0 Å². The first-order chi connectivity index (χ1) is 10.2. The number of oxazole rings is 1. The number of carbonyl (C=O) groups is 1. The highest BCUT2D eigenvalue weighted by atomic mass is 32.2. The zero-order chi connectivity index (χ0) is 14.7. The Kier molecular flexibility index (Phi) is 3.87. The van der Waals surface area contributed by atoms with E-state index in [-0.39, 0.29) is 11.7 Å². The summed E-state index contributed by atoms with van der Waals surface area (Å²) < 4.78 is 5.53. The average Bonchev–Trinajstić information content (AvgIpc) is 2.88. The van der Waals surface area contributed by atoms with E-state index in [1.165, 1.54) is 11.8 Å². The summed E-state index contributed by atoms with van der Waals surface area (Å²) in [5, 5.41) is 3.26. The molecule has 2 aromatic heterocycles. The normalized spacial score (nSPS) is 10.7. The summed E-state index contributed by atoms with van der Waals surface area (Å²) in [7, 11) is 0. The van der Waals surface area contributed by atoms with Crippen LogP contribution in [-0.4, -0.2) is 21.6 Å². The minimum Gasteiger partial charge on any atom is -0.430 e. The van der Waals surface area contributed by atoms with E-state index < -0.39 is 0 Å². The Balaban J connectivity index is 1.62. The van der Waals surface area contributed by atoms with Crippen LogP contribution in [0.25, 0.3) is 11.2 Å². The molecule has 3 rings (SSSR count).